The number of aromatic nitrogens is 3. The first-order chi connectivity index (χ1) is 9.15. The highest BCUT2D eigenvalue weighted by molar-refractivity contribution is 9.10. The van der Waals surface area contributed by atoms with E-state index in [0.717, 1.165) is 15.9 Å². The Morgan fingerprint density at radius 1 is 1.32 bits per heavy atom. The highest BCUT2D eigenvalue weighted by atomic mass is 79.9. The van der Waals surface area contributed by atoms with Crippen molar-refractivity contribution in [2.45, 2.75) is 6.92 Å². The van der Waals surface area contributed by atoms with Gasteiger partial charge in [-0.1, -0.05) is 0 Å². The maximum atomic E-state index is 13.0. The molecule has 0 bridgehead atoms. The average Bonchev–Trinajstić information content (AvgIpc) is 2.76. The summed E-state index contributed by atoms with van der Waals surface area (Å²) in [5, 5.41) is 0.781. The van der Waals surface area contributed by atoms with Crippen molar-refractivity contribution in [2.75, 3.05) is 0 Å². The molecule has 0 saturated heterocycles. The Bertz CT molecular complexity index is 762. The van der Waals surface area contributed by atoms with Gasteiger partial charge < -0.3 is 4.74 Å². The number of fused-ring (bicyclic) bond motifs is 1. The molecule has 0 fully saturated rings. The first-order valence-corrected chi connectivity index (χ1v) is 6.91. The quantitative estimate of drug-likeness (QED) is 0.705. The molecule has 4 nitrogen and oxygen atoms in total. The third kappa shape index (κ3) is 2.31. The van der Waals surface area contributed by atoms with Gasteiger partial charge in [0.1, 0.15) is 17.9 Å². The van der Waals surface area contributed by atoms with E-state index in [-0.39, 0.29) is 5.82 Å². The minimum absolute atomic E-state index is 0.333. The van der Waals surface area contributed by atoms with Crippen LogP contribution in [0.5, 0.6) is 11.6 Å². The van der Waals surface area contributed by atoms with Crippen molar-refractivity contribution in [2.24, 2.45) is 0 Å². The molecule has 0 spiro atoms. The number of benzene rings is 1. The van der Waals surface area contributed by atoms with Gasteiger partial charge in [0, 0.05) is 0 Å². The normalized spacial score (nSPS) is 10.9. The maximum Gasteiger partial charge on any atom is 0.233 e. The van der Waals surface area contributed by atoms with Crippen molar-refractivity contribution < 1.29 is 9.13 Å². The van der Waals surface area contributed by atoms with Crippen LogP contribution in [0.15, 0.2) is 29.0 Å². The van der Waals surface area contributed by atoms with Crippen molar-refractivity contribution in [1.29, 1.82) is 0 Å². The fraction of sp³-hybridized carbons (Fsp3) is 0.0833. The lowest BCUT2D eigenvalue weighted by Crippen LogP contribution is -1.92. The van der Waals surface area contributed by atoms with Gasteiger partial charge in [-0.2, -0.15) is 4.37 Å². The van der Waals surface area contributed by atoms with Crippen LogP contribution in [0.25, 0.3) is 10.2 Å². The van der Waals surface area contributed by atoms with Crippen LogP contribution < -0.4 is 4.74 Å². The fourth-order valence-electron chi connectivity index (χ4n) is 1.63. The highest BCUT2D eigenvalue weighted by Gasteiger charge is 2.13. The Labute approximate surface area is 120 Å². The topological polar surface area (TPSA) is 47.9 Å². The second-order valence-electron chi connectivity index (χ2n) is 3.80. The number of rotatable bonds is 2. The van der Waals surface area contributed by atoms with E-state index in [9.17, 15) is 4.39 Å². The molecular weight excluding hydrogens is 333 g/mol. The summed E-state index contributed by atoms with van der Waals surface area (Å²) < 4.78 is 23.5. The van der Waals surface area contributed by atoms with Gasteiger partial charge in [0.05, 0.1) is 15.6 Å². The van der Waals surface area contributed by atoms with E-state index in [1.807, 2.05) is 6.92 Å². The third-order valence-corrected chi connectivity index (χ3v) is 3.98. The monoisotopic (exact) mass is 339 g/mol. The van der Waals surface area contributed by atoms with Crippen molar-refractivity contribution in [3.05, 3.63) is 40.5 Å². The maximum absolute atomic E-state index is 13.0. The molecule has 19 heavy (non-hydrogen) atoms. The Morgan fingerprint density at radius 2 is 2.16 bits per heavy atom. The molecular formula is C12H7BrFN3OS. The minimum atomic E-state index is -0.333. The summed E-state index contributed by atoms with van der Waals surface area (Å²) in [6, 6.07) is 4.21. The Morgan fingerprint density at radius 3 is 2.95 bits per heavy atom. The molecule has 0 unspecified atom stereocenters. The predicted octanol–water partition coefficient (Wildman–Crippen LogP) is 4.09. The first kappa shape index (κ1) is 12.4. The van der Waals surface area contributed by atoms with Crippen molar-refractivity contribution >= 4 is 37.7 Å². The first-order valence-electron chi connectivity index (χ1n) is 5.35. The zero-order valence-electron chi connectivity index (χ0n) is 9.72. The standard InChI is InChI=1S/C12H7BrFN3OS/c1-6-10-11(15-5-16-12(10)19-17-6)18-9-3-2-7(14)4-8(9)13/h2-5H,1H3. The van der Waals surface area contributed by atoms with Crippen LogP contribution in [-0.2, 0) is 0 Å². The van der Waals surface area contributed by atoms with Crippen LogP contribution in [0.1, 0.15) is 5.69 Å². The molecule has 3 rings (SSSR count). The molecule has 96 valence electrons. The molecule has 0 aliphatic carbocycles. The molecule has 7 heteroatoms. The Hall–Kier alpha value is -1.60. The van der Waals surface area contributed by atoms with Crippen LogP contribution >= 0.6 is 27.5 Å². The lowest BCUT2D eigenvalue weighted by molar-refractivity contribution is 0.463. The van der Waals surface area contributed by atoms with Crippen molar-refractivity contribution in [3.8, 4) is 11.6 Å². The fourth-order valence-corrected chi connectivity index (χ4v) is 2.80. The van der Waals surface area contributed by atoms with E-state index >= 15 is 0 Å². The van der Waals surface area contributed by atoms with Crippen LogP contribution in [0.2, 0.25) is 0 Å². The number of aryl methyl sites for hydroxylation is 1. The van der Waals surface area contributed by atoms with Gasteiger partial charge >= 0.3 is 0 Å². The summed E-state index contributed by atoms with van der Waals surface area (Å²) >= 11 is 4.55. The zero-order valence-corrected chi connectivity index (χ0v) is 12.1. The SMILES string of the molecule is Cc1nsc2ncnc(Oc3ccc(F)cc3Br)c12. The van der Waals surface area contributed by atoms with Gasteiger partial charge in [-0.15, -0.1) is 0 Å². The molecule has 0 atom stereocenters. The van der Waals surface area contributed by atoms with Crippen LogP contribution in [0.4, 0.5) is 4.39 Å². The van der Waals surface area contributed by atoms with Crippen LogP contribution in [-0.4, -0.2) is 14.3 Å². The molecule has 0 radical (unpaired) electrons. The van der Waals surface area contributed by atoms with Gasteiger partial charge in [0.2, 0.25) is 5.88 Å². The van der Waals surface area contributed by atoms with Gasteiger partial charge in [-0.25, -0.2) is 14.4 Å². The summed E-state index contributed by atoms with van der Waals surface area (Å²) in [5.41, 5.74) is 0.814. The van der Waals surface area contributed by atoms with Crippen molar-refractivity contribution in [3.63, 3.8) is 0 Å². The van der Waals surface area contributed by atoms with E-state index in [4.69, 9.17) is 4.74 Å². The zero-order chi connectivity index (χ0) is 13.4. The van der Waals surface area contributed by atoms with Gasteiger partial charge in [0.25, 0.3) is 0 Å². The van der Waals surface area contributed by atoms with Crippen LogP contribution in [0, 0.1) is 12.7 Å². The van der Waals surface area contributed by atoms with E-state index in [1.165, 1.54) is 30.0 Å². The summed E-state index contributed by atoms with van der Waals surface area (Å²) in [6.07, 6.45) is 1.42. The number of nitrogens with zero attached hydrogens (tertiary/aromatic N) is 3. The second kappa shape index (κ2) is 4.82. The molecule has 0 saturated carbocycles. The number of ether oxygens (including phenoxy) is 1. The highest BCUT2D eigenvalue weighted by Crippen LogP contribution is 2.34. The molecule has 0 amide bonds. The molecule has 0 aliphatic rings. The lowest BCUT2D eigenvalue weighted by Gasteiger charge is -2.07. The van der Waals surface area contributed by atoms with E-state index < -0.39 is 0 Å². The molecule has 2 aromatic heterocycles. The number of halogens is 2. The molecule has 0 aliphatic heterocycles. The number of hydrogen-bond acceptors (Lipinski definition) is 5. The summed E-state index contributed by atoms with van der Waals surface area (Å²) in [6.45, 7) is 1.87. The summed E-state index contributed by atoms with van der Waals surface area (Å²) in [5.74, 6) is 0.580. The largest absolute Gasteiger partial charge is 0.437 e. The molecule has 1 aromatic carbocycles. The lowest BCUT2D eigenvalue weighted by atomic mass is 10.3. The summed E-state index contributed by atoms with van der Waals surface area (Å²) in [4.78, 5) is 9.02. The average molecular weight is 340 g/mol. The molecule has 2 heterocycles. The number of hydrogen-bond donors (Lipinski definition) is 0. The molecule has 0 N–H and O–H groups in total. The second-order valence-corrected chi connectivity index (χ2v) is 5.41. The summed E-state index contributed by atoms with van der Waals surface area (Å²) in [7, 11) is 0. The molecule has 3 aromatic rings. The smallest absolute Gasteiger partial charge is 0.233 e. The Balaban J connectivity index is 2.08. The minimum Gasteiger partial charge on any atom is -0.437 e. The van der Waals surface area contributed by atoms with Crippen LogP contribution in [0.3, 0.4) is 0 Å². The third-order valence-electron chi connectivity index (χ3n) is 2.51. The Kier molecular flexibility index (Phi) is 3.16. The van der Waals surface area contributed by atoms with Gasteiger partial charge in [-0.3, -0.25) is 0 Å². The van der Waals surface area contributed by atoms with Gasteiger partial charge in [0.15, 0.2) is 4.83 Å². The predicted molar refractivity (Wildman–Crippen MR) is 74.1 cm³/mol. The van der Waals surface area contributed by atoms with Gasteiger partial charge in [-0.05, 0) is 52.6 Å². The van der Waals surface area contributed by atoms with E-state index in [2.05, 4.69) is 30.3 Å². The van der Waals surface area contributed by atoms with E-state index in [1.54, 1.807) is 6.07 Å². The van der Waals surface area contributed by atoms with Crippen molar-refractivity contribution in [1.82, 2.24) is 14.3 Å². The van der Waals surface area contributed by atoms with E-state index in [0.29, 0.717) is 16.1 Å².